The van der Waals surface area contributed by atoms with E-state index in [0.29, 0.717) is 11.7 Å². The molecule has 0 aliphatic rings. The highest BCUT2D eigenvalue weighted by atomic mass is 32.2. The molecule has 2 aromatic carbocycles. The lowest BCUT2D eigenvalue weighted by Gasteiger charge is -2.10. The minimum atomic E-state index is 0.632. The summed E-state index contributed by atoms with van der Waals surface area (Å²) >= 11 is 1.51. The fourth-order valence-electron chi connectivity index (χ4n) is 2.96. The van der Waals surface area contributed by atoms with Gasteiger partial charge in [0.05, 0.1) is 24.4 Å². The number of thioether (sulfide) groups is 1. The Morgan fingerprint density at radius 2 is 1.93 bits per heavy atom. The van der Waals surface area contributed by atoms with Gasteiger partial charge in [0.15, 0.2) is 10.8 Å². The molecule has 1 N–H and O–H groups in total. The third-order valence-electron chi connectivity index (χ3n) is 4.46. The van der Waals surface area contributed by atoms with Crippen molar-refractivity contribution in [3.63, 3.8) is 0 Å². The second-order valence-corrected chi connectivity index (χ2v) is 7.17. The summed E-state index contributed by atoms with van der Waals surface area (Å²) in [5, 5.41) is 9.58. The van der Waals surface area contributed by atoms with Crippen molar-refractivity contribution in [3.05, 3.63) is 65.9 Å². The molecule has 2 aromatic heterocycles. The van der Waals surface area contributed by atoms with E-state index in [2.05, 4.69) is 45.5 Å². The molecule has 7 heteroatoms. The van der Waals surface area contributed by atoms with E-state index < -0.39 is 0 Å². The molecule has 0 atom stereocenters. The lowest BCUT2D eigenvalue weighted by Crippen LogP contribution is -2.05. The molecule has 0 fully saturated rings. The summed E-state index contributed by atoms with van der Waals surface area (Å²) in [7, 11) is 1.67. The van der Waals surface area contributed by atoms with Gasteiger partial charge in [-0.15, -0.1) is 0 Å². The molecule has 0 saturated heterocycles. The van der Waals surface area contributed by atoms with Crippen molar-refractivity contribution in [1.82, 2.24) is 19.7 Å². The number of benzene rings is 2. The zero-order valence-electron chi connectivity index (χ0n) is 16.0. The molecule has 0 aliphatic heterocycles. The van der Waals surface area contributed by atoms with Crippen molar-refractivity contribution in [1.29, 1.82) is 0 Å². The quantitative estimate of drug-likeness (QED) is 0.387. The number of hydrogen-bond donors (Lipinski definition) is 1. The lowest BCUT2D eigenvalue weighted by molar-refractivity contribution is 0.414. The van der Waals surface area contributed by atoms with Crippen LogP contribution in [0.15, 0.2) is 59.9 Å². The van der Waals surface area contributed by atoms with Crippen molar-refractivity contribution in [2.45, 2.75) is 18.6 Å². The largest absolute Gasteiger partial charge is 0.497 e. The number of nitrogens with zero attached hydrogens (tertiary/aromatic N) is 4. The van der Waals surface area contributed by atoms with Gasteiger partial charge < -0.3 is 10.1 Å². The van der Waals surface area contributed by atoms with Crippen LogP contribution in [-0.2, 0) is 6.54 Å². The van der Waals surface area contributed by atoms with Gasteiger partial charge in [-0.1, -0.05) is 41.6 Å². The molecular formula is C21H21N5OS. The molecule has 6 nitrogen and oxygen atoms in total. The molecule has 0 saturated carbocycles. The van der Waals surface area contributed by atoms with E-state index in [9.17, 15) is 0 Å². The summed E-state index contributed by atoms with van der Waals surface area (Å²) in [4.78, 5) is 9.34. The lowest BCUT2D eigenvalue weighted by atomic mass is 10.2. The Balaban J connectivity index is 1.70. The minimum Gasteiger partial charge on any atom is -0.497 e. The van der Waals surface area contributed by atoms with Crippen LogP contribution >= 0.6 is 11.8 Å². The van der Waals surface area contributed by atoms with E-state index in [1.54, 1.807) is 7.11 Å². The Morgan fingerprint density at radius 3 is 2.68 bits per heavy atom. The first kappa shape index (κ1) is 18.3. The van der Waals surface area contributed by atoms with Crippen LogP contribution in [0.3, 0.4) is 0 Å². The van der Waals surface area contributed by atoms with Gasteiger partial charge in [0.25, 0.3) is 0 Å². The average molecular weight is 392 g/mol. The molecule has 142 valence electrons. The number of rotatable bonds is 6. The Kier molecular flexibility index (Phi) is 5.16. The number of nitrogens with one attached hydrogen (secondary N) is 1. The highest BCUT2D eigenvalue weighted by Crippen LogP contribution is 2.26. The molecule has 0 radical (unpaired) electrons. The average Bonchev–Trinajstić information content (AvgIpc) is 3.16. The SMILES string of the molecule is COc1cccc(CNc2nc(SC)nc3c2cnn3-c2ccc(C)cc2)c1. The van der Waals surface area contributed by atoms with Crippen LogP contribution < -0.4 is 10.1 Å². The maximum Gasteiger partial charge on any atom is 0.191 e. The van der Waals surface area contributed by atoms with E-state index in [1.807, 2.05) is 47.5 Å². The fourth-order valence-corrected chi connectivity index (χ4v) is 3.32. The van der Waals surface area contributed by atoms with Crippen LogP contribution in [-0.4, -0.2) is 33.1 Å². The fraction of sp³-hybridized carbons (Fsp3) is 0.190. The van der Waals surface area contributed by atoms with Gasteiger partial charge in [-0.25, -0.2) is 14.6 Å². The number of aromatic nitrogens is 4. The van der Waals surface area contributed by atoms with Gasteiger partial charge in [0, 0.05) is 6.54 Å². The molecule has 0 amide bonds. The van der Waals surface area contributed by atoms with Gasteiger partial charge in [0.2, 0.25) is 0 Å². The summed E-state index contributed by atoms with van der Waals surface area (Å²) in [6, 6.07) is 16.2. The zero-order valence-corrected chi connectivity index (χ0v) is 16.8. The van der Waals surface area contributed by atoms with Crippen molar-refractivity contribution in [2.75, 3.05) is 18.7 Å². The van der Waals surface area contributed by atoms with Crippen LogP contribution in [0.5, 0.6) is 5.75 Å². The number of anilines is 1. The standard InChI is InChI=1S/C21H21N5OS/c1-14-7-9-16(10-8-14)26-20-18(13-23-26)19(24-21(25-20)28-3)22-12-15-5-4-6-17(11-15)27-2/h4-11,13H,12H2,1-3H3,(H,22,24,25). The highest BCUT2D eigenvalue weighted by molar-refractivity contribution is 7.98. The van der Waals surface area contributed by atoms with Crippen LogP contribution in [0, 0.1) is 6.92 Å². The van der Waals surface area contributed by atoms with Crippen molar-refractivity contribution >= 4 is 28.6 Å². The first-order chi connectivity index (χ1) is 13.7. The van der Waals surface area contributed by atoms with E-state index in [0.717, 1.165) is 33.9 Å². The molecule has 28 heavy (non-hydrogen) atoms. The summed E-state index contributed by atoms with van der Waals surface area (Å²) in [5.74, 6) is 1.61. The Hall–Kier alpha value is -3.06. The molecule has 0 aliphatic carbocycles. The third kappa shape index (κ3) is 3.66. The normalized spacial score (nSPS) is 11.0. The number of methoxy groups -OCH3 is 1. The highest BCUT2D eigenvalue weighted by Gasteiger charge is 2.14. The van der Waals surface area contributed by atoms with Gasteiger partial charge in [-0.2, -0.15) is 5.10 Å². The Bertz CT molecular complexity index is 1110. The summed E-state index contributed by atoms with van der Waals surface area (Å²) in [5.41, 5.74) is 4.09. The maximum absolute atomic E-state index is 5.30. The van der Waals surface area contributed by atoms with Crippen molar-refractivity contribution in [2.24, 2.45) is 0 Å². The molecule has 0 spiro atoms. The van der Waals surface area contributed by atoms with Crippen molar-refractivity contribution < 1.29 is 4.74 Å². The predicted octanol–water partition coefficient (Wildman–Crippen LogP) is 4.47. The molecule has 0 bridgehead atoms. The predicted molar refractivity (Wildman–Crippen MR) is 113 cm³/mol. The molecule has 4 rings (SSSR count). The van der Waals surface area contributed by atoms with E-state index in [4.69, 9.17) is 4.74 Å². The Labute approximate surface area is 168 Å². The van der Waals surface area contributed by atoms with Gasteiger partial charge in [0.1, 0.15) is 11.6 Å². The second-order valence-electron chi connectivity index (χ2n) is 6.39. The third-order valence-corrected chi connectivity index (χ3v) is 5.01. The number of hydrogen-bond acceptors (Lipinski definition) is 6. The van der Waals surface area contributed by atoms with Gasteiger partial charge >= 0.3 is 0 Å². The number of aryl methyl sites for hydroxylation is 1. The summed E-state index contributed by atoms with van der Waals surface area (Å²) in [6.45, 7) is 2.70. The summed E-state index contributed by atoms with van der Waals surface area (Å²) in [6.07, 6.45) is 3.78. The number of fused-ring (bicyclic) bond motifs is 1. The van der Waals surface area contributed by atoms with Gasteiger partial charge in [-0.05, 0) is 43.0 Å². The minimum absolute atomic E-state index is 0.632. The first-order valence-corrected chi connectivity index (χ1v) is 10.1. The molecule has 2 heterocycles. The van der Waals surface area contributed by atoms with Crippen LogP contribution in [0.4, 0.5) is 5.82 Å². The molecular weight excluding hydrogens is 370 g/mol. The maximum atomic E-state index is 5.30. The van der Waals surface area contributed by atoms with Crippen LogP contribution in [0.2, 0.25) is 0 Å². The second kappa shape index (κ2) is 7.90. The van der Waals surface area contributed by atoms with Crippen LogP contribution in [0.1, 0.15) is 11.1 Å². The van der Waals surface area contributed by atoms with Crippen LogP contribution in [0.25, 0.3) is 16.7 Å². The summed E-state index contributed by atoms with van der Waals surface area (Å²) < 4.78 is 7.16. The Morgan fingerprint density at radius 1 is 1.11 bits per heavy atom. The monoisotopic (exact) mass is 391 g/mol. The van der Waals surface area contributed by atoms with E-state index in [1.165, 1.54) is 17.3 Å². The van der Waals surface area contributed by atoms with Gasteiger partial charge in [-0.3, -0.25) is 0 Å². The molecule has 4 aromatic rings. The van der Waals surface area contributed by atoms with E-state index >= 15 is 0 Å². The topological polar surface area (TPSA) is 64.9 Å². The number of ether oxygens (including phenoxy) is 1. The molecule has 0 unspecified atom stereocenters. The smallest absolute Gasteiger partial charge is 0.191 e. The van der Waals surface area contributed by atoms with E-state index in [-0.39, 0.29) is 0 Å². The first-order valence-electron chi connectivity index (χ1n) is 8.91. The van der Waals surface area contributed by atoms with Crippen molar-refractivity contribution in [3.8, 4) is 11.4 Å². The zero-order chi connectivity index (χ0) is 19.5.